The standard InChI is InChI=1S/6CHNS.Ir.3K/c6*2-1-3;;;;/h6*3H;;;;/q;;;;;;+3;3*+1/p-6. The van der Waals surface area contributed by atoms with Crippen molar-refractivity contribution in [3.63, 3.8) is 0 Å². The number of rotatable bonds is 0. The van der Waals surface area contributed by atoms with E-state index < -0.39 is 0 Å². The van der Waals surface area contributed by atoms with Gasteiger partial charge in [0.05, 0.1) is 0 Å². The van der Waals surface area contributed by atoms with Gasteiger partial charge in [-0.1, -0.05) is 32.4 Å². The molecule has 0 rings (SSSR count). The molecular weight excluding hydrogens is 658 g/mol. The Kier molecular flexibility index (Phi) is 422. The van der Waals surface area contributed by atoms with Gasteiger partial charge in [0.1, 0.15) is 0 Å². The third-order valence-electron chi connectivity index (χ3n) is 0. The molecule has 0 unspecified atom stereocenters. The van der Waals surface area contributed by atoms with Crippen molar-refractivity contribution in [2.75, 3.05) is 0 Å². The Hall–Kier alpha value is 3.82. The van der Waals surface area contributed by atoms with Crippen LogP contribution in [0, 0.1) is 64.0 Å². The summed E-state index contributed by atoms with van der Waals surface area (Å²) < 4.78 is 0. The second-order valence-corrected chi connectivity index (χ2v) is 1.64. The number of hydrogen-bond donors (Lipinski definition) is 0. The zero-order chi connectivity index (χ0) is 16.2. The summed E-state index contributed by atoms with van der Waals surface area (Å²) >= 11 is 22.2. The number of hydrogen-bond acceptors (Lipinski definition) is 12. The molecule has 0 amide bonds. The predicted molar refractivity (Wildman–Crippen MR) is 77.9 cm³/mol. The summed E-state index contributed by atoms with van der Waals surface area (Å²) in [4.78, 5) is 0. The van der Waals surface area contributed by atoms with Crippen LogP contribution in [0.4, 0.5) is 0 Å². The first-order valence-electron chi connectivity index (χ1n) is 2.57. The van der Waals surface area contributed by atoms with Crippen LogP contribution in [0.15, 0.2) is 0 Å². The molecule has 0 aliphatic rings. The van der Waals surface area contributed by atoms with Crippen molar-refractivity contribution < 1.29 is 174 Å². The van der Waals surface area contributed by atoms with Crippen LogP contribution >= 0.6 is 0 Å². The van der Waals surface area contributed by atoms with Gasteiger partial charge < -0.3 is 75.8 Å². The number of nitriles is 6. The first-order valence-corrected chi connectivity index (χ1v) is 5.02. The van der Waals surface area contributed by atoms with E-state index >= 15 is 0 Å². The normalized spacial score (nSPS) is 1.91. The van der Waals surface area contributed by atoms with E-state index in [1.807, 2.05) is 0 Å². The topological polar surface area (TPSA) is 143 Å². The fourth-order valence-electron chi connectivity index (χ4n) is 0. The number of nitrogens with zero attached hydrogens (tertiary/aromatic N) is 6. The summed E-state index contributed by atoms with van der Waals surface area (Å²) in [6.07, 6.45) is 0. The molecule has 0 fully saturated rings. The molecule has 0 aromatic carbocycles. The van der Waals surface area contributed by atoms with Crippen molar-refractivity contribution in [1.82, 2.24) is 0 Å². The molecule has 0 aliphatic carbocycles. The molecule has 0 aliphatic heterocycles. The largest absolute Gasteiger partial charge is 3.00 e. The van der Waals surface area contributed by atoms with E-state index in [1.165, 1.54) is 32.4 Å². The van der Waals surface area contributed by atoms with E-state index in [-0.39, 0.29) is 174 Å². The van der Waals surface area contributed by atoms with Crippen LogP contribution in [0.5, 0.6) is 0 Å². The van der Waals surface area contributed by atoms with Gasteiger partial charge in [-0.15, -0.1) is 0 Å². The van der Waals surface area contributed by atoms with E-state index in [2.05, 4.69) is 75.8 Å². The summed E-state index contributed by atoms with van der Waals surface area (Å²) in [6, 6.07) is 0. The fourth-order valence-corrected chi connectivity index (χ4v) is 0. The molecule has 0 bridgehead atoms. The van der Waals surface area contributed by atoms with Crippen LogP contribution < -0.4 is 154 Å². The van der Waals surface area contributed by atoms with Gasteiger partial charge in [0.15, 0.2) is 0 Å². The van der Waals surface area contributed by atoms with E-state index in [0.717, 1.165) is 0 Å². The van der Waals surface area contributed by atoms with E-state index in [9.17, 15) is 0 Å². The van der Waals surface area contributed by atoms with E-state index in [4.69, 9.17) is 31.6 Å². The Bertz CT molecular complexity index is 269. The van der Waals surface area contributed by atoms with Crippen LogP contribution in [0.25, 0.3) is 0 Å². The smallest absolute Gasteiger partial charge is 0.696 e. The third kappa shape index (κ3) is 851. The fraction of sp³-hybridized carbons (Fsp3) is 0. The Morgan fingerprint density at radius 3 is 0.364 bits per heavy atom. The molecule has 0 atom stereocenters. The molecule has 0 radical (unpaired) electrons. The second-order valence-electron chi connectivity index (χ2n) is 0.548. The van der Waals surface area contributed by atoms with Crippen LogP contribution in [0.2, 0.25) is 0 Å². The van der Waals surface area contributed by atoms with Crippen LogP contribution in [-0.4, -0.2) is 0 Å². The summed E-state index contributed by atoms with van der Waals surface area (Å²) in [5.74, 6) is 0. The third-order valence-corrected chi connectivity index (χ3v) is 0. The Morgan fingerprint density at radius 2 is 0.364 bits per heavy atom. The van der Waals surface area contributed by atoms with Crippen LogP contribution in [0.1, 0.15) is 0 Å². The monoisotopic (exact) mass is 658 g/mol. The molecule has 0 aromatic heterocycles. The van der Waals surface area contributed by atoms with Crippen molar-refractivity contribution in [3.05, 3.63) is 0 Å². The molecule has 22 heavy (non-hydrogen) atoms. The Labute approximate surface area is 305 Å². The van der Waals surface area contributed by atoms with E-state index in [1.54, 1.807) is 0 Å². The average Bonchev–Trinajstić information content (AvgIpc) is 2.23. The predicted octanol–water partition coefficient (Wildman–Crippen LogP) is -8.90. The van der Waals surface area contributed by atoms with Crippen LogP contribution in [-0.2, 0) is 95.9 Å². The Morgan fingerprint density at radius 1 is 0.364 bits per heavy atom. The summed E-state index contributed by atoms with van der Waals surface area (Å²) in [5.41, 5.74) is 0. The molecule has 0 N–H and O–H groups in total. The Balaban J connectivity index is -0.00000000947. The molecule has 0 heterocycles. The van der Waals surface area contributed by atoms with Gasteiger partial charge in [-0.2, -0.15) is 0 Å². The molecular formula is C6IrK3N6S6. The van der Waals surface area contributed by atoms with Crippen molar-refractivity contribution in [2.24, 2.45) is 0 Å². The zero-order valence-electron chi connectivity index (χ0n) is 11.5. The zero-order valence-corrected chi connectivity index (χ0v) is 28.1. The van der Waals surface area contributed by atoms with Gasteiger partial charge in [0.25, 0.3) is 0 Å². The molecule has 16 heteroatoms. The van der Waals surface area contributed by atoms with Gasteiger partial charge >= 0.3 is 174 Å². The maximum Gasteiger partial charge on any atom is 3.00 e. The SMILES string of the molecule is N#C[S-].N#C[S-].N#C[S-].N#C[S-].N#C[S-].N#C[S-].[Ir+3].[K+].[K+].[K+]. The maximum atomic E-state index is 7.13. The maximum absolute atomic E-state index is 7.13. The summed E-state index contributed by atoms with van der Waals surface area (Å²) in [7, 11) is 0. The molecule has 102 valence electrons. The second kappa shape index (κ2) is 146. The summed E-state index contributed by atoms with van der Waals surface area (Å²) in [5, 5.41) is 50.8. The minimum Gasteiger partial charge on any atom is -0.696 e. The minimum atomic E-state index is 0. The molecule has 0 spiro atoms. The summed E-state index contributed by atoms with van der Waals surface area (Å²) in [6.45, 7) is 0. The van der Waals surface area contributed by atoms with E-state index in [0.29, 0.717) is 0 Å². The first kappa shape index (κ1) is 63.6. The molecule has 0 saturated carbocycles. The molecule has 6 nitrogen and oxygen atoms in total. The quantitative estimate of drug-likeness (QED) is 0.139. The van der Waals surface area contributed by atoms with Crippen LogP contribution in [0.3, 0.4) is 0 Å². The average molecular weight is 658 g/mol. The first-order chi connectivity index (χ1) is 8.49. The van der Waals surface area contributed by atoms with Crippen molar-refractivity contribution in [2.45, 2.75) is 0 Å². The van der Waals surface area contributed by atoms with Gasteiger partial charge in [0.2, 0.25) is 0 Å². The molecule has 0 saturated heterocycles. The minimum absolute atomic E-state index is 0. The van der Waals surface area contributed by atoms with Gasteiger partial charge in [-0.3, -0.25) is 0 Å². The van der Waals surface area contributed by atoms with Crippen molar-refractivity contribution in [3.8, 4) is 32.4 Å². The number of thiocyanates is 6. The van der Waals surface area contributed by atoms with Crippen molar-refractivity contribution >= 4 is 75.8 Å². The molecule has 0 aromatic rings. The van der Waals surface area contributed by atoms with Gasteiger partial charge in [0, 0.05) is 0 Å². The van der Waals surface area contributed by atoms with Gasteiger partial charge in [-0.25, -0.2) is 31.6 Å². The van der Waals surface area contributed by atoms with Crippen molar-refractivity contribution in [1.29, 1.82) is 31.6 Å². The van der Waals surface area contributed by atoms with Gasteiger partial charge in [-0.05, 0) is 0 Å².